The number of Topliss-reactive ketones (excluding diaryl/α,β-unsaturated/α-hetero) is 1. The van der Waals surface area contributed by atoms with Gasteiger partial charge in [-0.15, -0.1) is 0 Å². The highest BCUT2D eigenvalue weighted by Crippen LogP contribution is 2.74. The Balaban J connectivity index is 1.68. The first-order chi connectivity index (χ1) is 15.9. The van der Waals surface area contributed by atoms with E-state index in [1.54, 1.807) is 0 Å². The van der Waals surface area contributed by atoms with Crippen molar-refractivity contribution in [3.63, 3.8) is 0 Å². The molecule has 0 radical (unpaired) electrons. The molecule has 0 spiro atoms. The van der Waals surface area contributed by atoms with Crippen LogP contribution >= 0.6 is 0 Å². The Morgan fingerprint density at radius 2 is 1.66 bits per heavy atom. The summed E-state index contributed by atoms with van der Waals surface area (Å²) in [4.78, 5) is 12.9. The van der Waals surface area contributed by atoms with Crippen molar-refractivity contribution in [2.24, 2.45) is 39.4 Å². The van der Waals surface area contributed by atoms with Crippen LogP contribution in [0.25, 0.3) is 0 Å². The highest BCUT2D eigenvalue weighted by atomic mass is 16.4. The molecule has 0 aromatic rings. The smallest absolute Gasteiger partial charge is 0.138 e. The van der Waals surface area contributed by atoms with Gasteiger partial charge < -0.3 is 20.4 Å². The lowest BCUT2D eigenvalue weighted by Crippen LogP contribution is -2.65. The average Bonchev–Trinajstić information content (AvgIpc) is 3.07. The van der Waals surface area contributed by atoms with E-state index in [1.165, 1.54) is 25.0 Å². The Hall–Kier alpha value is -0.750. The molecule has 0 bridgehead atoms. The summed E-state index contributed by atoms with van der Waals surface area (Å²) >= 11 is 0. The first kappa shape index (κ1) is 27.3. The Bertz CT molecular complexity index is 899. The van der Waals surface area contributed by atoms with Gasteiger partial charge in [-0.25, -0.2) is 0 Å². The summed E-state index contributed by atoms with van der Waals surface area (Å²) in [5.74, 6) is 0.914. The zero-order valence-corrected chi connectivity index (χ0v) is 23.3. The number of ketones is 1. The number of carbonyl (C=O) groups excluding carboxylic acids is 1. The monoisotopic (exact) mass is 490 g/mol. The van der Waals surface area contributed by atoms with Crippen molar-refractivity contribution in [3.05, 3.63) is 11.1 Å². The van der Waals surface area contributed by atoms with Gasteiger partial charge in [-0.3, -0.25) is 4.79 Å². The molecule has 0 aliphatic heterocycles. The lowest BCUT2D eigenvalue weighted by Gasteiger charge is -2.69. The number of rotatable bonds is 5. The van der Waals surface area contributed by atoms with E-state index >= 15 is 0 Å². The summed E-state index contributed by atoms with van der Waals surface area (Å²) in [7, 11) is 0. The lowest BCUT2D eigenvalue weighted by atomic mass is 9.36. The molecule has 4 aliphatic rings. The molecule has 4 N–H and O–H groups in total. The van der Waals surface area contributed by atoms with Gasteiger partial charge in [-0.05, 0) is 92.8 Å². The van der Waals surface area contributed by atoms with Crippen LogP contribution in [0.1, 0.15) is 107 Å². The first-order valence-corrected chi connectivity index (χ1v) is 13.9. The molecule has 200 valence electrons. The molecule has 2 unspecified atom stereocenters. The van der Waals surface area contributed by atoms with Crippen molar-refractivity contribution in [1.29, 1.82) is 0 Å². The molecule has 35 heavy (non-hydrogen) atoms. The third-order valence-electron chi connectivity index (χ3n) is 11.9. The van der Waals surface area contributed by atoms with Gasteiger partial charge >= 0.3 is 0 Å². The standard InChI is InChI=1S/C30H50O5/c1-17(15-21(32)25(34)27(4,5)35)18-9-13-29(7)19(18)16-20(31)24-28(6)12-11-23(33)26(2,3)22(28)10-14-30(24,29)8/h17,20-22,24-25,31-32,34-35H,9-16H2,1-8H3/t17-,20+,21+,22?,24?,25-,28+,29+,30+/m1/s1. The van der Waals surface area contributed by atoms with E-state index in [2.05, 4.69) is 41.5 Å². The van der Waals surface area contributed by atoms with E-state index in [9.17, 15) is 25.2 Å². The number of aliphatic hydroxyl groups is 4. The normalized spacial score (nSPS) is 43.8. The van der Waals surface area contributed by atoms with Gasteiger partial charge in [0.05, 0.1) is 17.8 Å². The van der Waals surface area contributed by atoms with Crippen LogP contribution in [-0.2, 0) is 4.79 Å². The maximum absolute atomic E-state index is 12.9. The number of hydrogen-bond donors (Lipinski definition) is 4. The van der Waals surface area contributed by atoms with Gasteiger partial charge in [-0.2, -0.15) is 0 Å². The summed E-state index contributed by atoms with van der Waals surface area (Å²) in [5, 5.41) is 43.0. The Labute approximate surface area is 212 Å². The second-order valence-corrected chi connectivity index (χ2v) is 14.5. The topological polar surface area (TPSA) is 98.0 Å². The van der Waals surface area contributed by atoms with Gasteiger partial charge in [0.1, 0.15) is 11.9 Å². The fourth-order valence-electron chi connectivity index (χ4n) is 9.77. The molecule has 4 aliphatic carbocycles. The van der Waals surface area contributed by atoms with Crippen molar-refractivity contribution in [3.8, 4) is 0 Å². The molecule has 0 aromatic carbocycles. The van der Waals surface area contributed by atoms with Crippen molar-refractivity contribution < 1.29 is 25.2 Å². The minimum Gasteiger partial charge on any atom is -0.392 e. The number of allylic oxidation sites excluding steroid dienone is 1. The zero-order valence-electron chi connectivity index (χ0n) is 23.3. The SMILES string of the molecule is C[C@H](C[C@H](O)[C@@H](O)C(C)(C)O)C1=C2C[C@H](O)C3[C@@]4(C)CCC(=O)C(C)(C)C4CC[C@]3(C)[C@@]2(C)CC1. The second kappa shape index (κ2) is 8.38. The van der Waals surface area contributed by atoms with Crippen molar-refractivity contribution >= 4 is 5.78 Å². The summed E-state index contributed by atoms with van der Waals surface area (Å²) in [6.07, 6.45) is 3.96. The maximum atomic E-state index is 12.9. The third kappa shape index (κ3) is 3.82. The van der Waals surface area contributed by atoms with E-state index in [0.29, 0.717) is 31.0 Å². The highest BCUT2D eigenvalue weighted by molar-refractivity contribution is 5.85. The van der Waals surface area contributed by atoms with Gasteiger partial charge in [-0.1, -0.05) is 52.7 Å². The van der Waals surface area contributed by atoms with Crippen LogP contribution in [0.4, 0.5) is 0 Å². The predicted molar refractivity (Wildman–Crippen MR) is 138 cm³/mol. The zero-order chi connectivity index (χ0) is 26.4. The molecule has 4 rings (SSSR count). The molecular weight excluding hydrogens is 440 g/mol. The van der Waals surface area contributed by atoms with Crippen molar-refractivity contribution in [2.75, 3.05) is 0 Å². The van der Waals surface area contributed by atoms with Crippen molar-refractivity contribution in [1.82, 2.24) is 0 Å². The van der Waals surface area contributed by atoms with Crippen LogP contribution in [0, 0.1) is 39.4 Å². The number of aliphatic hydroxyl groups excluding tert-OH is 3. The van der Waals surface area contributed by atoms with E-state index in [-0.39, 0.29) is 33.5 Å². The average molecular weight is 491 g/mol. The van der Waals surface area contributed by atoms with Gasteiger partial charge in [0.15, 0.2) is 0 Å². The van der Waals surface area contributed by atoms with E-state index in [0.717, 1.165) is 32.1 Å². The van der Waals surface area contributed by atoms with Crippen LogP contribution in [0.2, 0.25) is 0 Å². The van der Waals surface area contributed by atoms with Crippen LogP contribution in [-0.4, -0.2) is 50.1 Å². The first-order valence-electron chi connectivity index (χ1n) is 13.9. The molecular formula is C30H50O5. The summed E-state index contributed by atoms with van der Waals surface area (Å²) in [6.45, 7) is 16.6. The van der Waals surface area contributed by atoms with E-state index < -0.39 is 23.9 Å². The molecule has 0 amide bonds. The number of fused-ring (bicyclic) bond motifs is 5. The number of carbonyl (C=O) groups is 1. The minimum absolute atomic E-state index is 0.0140. The Morgan fingerprint density at radius 1 is 1.03 bits per heavy atom. The molecule has 9 atom stereocenters. The minimum atomic E-state index is -1.36. The molecule has 5 nitrogen and oxygen atoms in total. The maximum Gasteiger partial charge on any atom is 0.138 e. The van der Waals surface area contributed by atoms with Crippen LogP contribution in [0.5, 0.6) is 0 Å². The van der Waals surface area contributed by atoms with Crippen LogP contribution < -0.4 is 0 Å². The molecule has 0 heterocycles. The molecule has 0 aromatic heterocycles. The van der Waals surface area contributed by atoms with Gasteiger partial charge in [0.25, 0.3) is 0 Å². The summed E-state index contributed by atoms with van der Waals surface area (Å²) < 4.78 is 0. The van der Waals surface area contributed by atoms with E-state index in [1.807, 2.05) is 0 Å². The molecule has 5 heteroatoms. The van der Waals surface area contributed by atoms with Crippen LogP contribution in [0.15, 0.2) is 11.1 Å². The predicted octanol–water partition coefficient (Wildman–Crippen LogP) is 4.79. The van der Waals surface area contributed by atoms with Gasteiger partial charge in [0, 0.05) is 11.8 Å². The summed E-state index contributed by atoms with van der Waals surface area (Å²) in [6, 6.07) is 0. The fraction of sp³-hybridized carbons (Fsp3) is 0.900. The summed E-state index contributed by atoms with van der Waals surface area (Å²) in [5.41, 5.74) is 0.895. The van der Waals surface area contributed by atoms with Crippen molar-refractivity contribution in [2.45, 2.75) is 131 Å². The Morgan fingerprint density at radius 3 is 2.26 bits per heavy atom. The number of hydrogen-bond acceptors (Lipinski definition) is 5. The Kier molecular flexibility index (Phi) is 6.53. The quantitative estimate of drug-likeness (QED) is 0.415. The highest BCUT2D eigenvalue weighted by Gasteiger charge is 2.69. The third-order valence-corrected chi connectivity index (χ3v) is 11.9. The van der Waals surface area contributed by atoms with Gasteiger partial charge in [0.2, 0.25) is 0 Å². The molecule has 3 saturated carbocycles. The lowest BCUT2D eigenvalue weighted by molar-refractivity contribution is -0.208. The molecule has 0 saturated heterocycles. The van der Waals surface area contributed by atoms with Crippen LogP contribution in [0.3, 0.4) is 0 Å². The largest absolute Gasteiger partial charge is 0.392 e. The molecule has 3 fully saturated rings. The van der Waals surface area contributed by atoms with E-state index in [4.69, 9.17) is 0 Å². The second-order valence-electron chi connectivity index (χ2n) is 14.5. The fourth-order valence-corrected chi connectivity index (χ4v) is 9.77.